The van der Waals surface area contributed by atoms with Gasteiger partial charge in [-0.2, -0.15) is 0 Å². The fourth-order valence-electron chi connectivity index (χ4n) is 0.799. The van der Waals surface area contributed by atoms with Crippen molar-refractivity contribution in [1.29, 1.82) is 0 Å². The smallest absolute Gasteiger partial charge is 0.416 e. The van der Waals surface area contributed by atoms with Crippen molar-refractivity contribution in [2.75, 3.05) is 19.1 Å². The molecule has 0 fully saturated rings. The summed E-state index contributed by atoms with van der Waals surface area (Å²) in [4.78, 5) is 12.3. The molecule has 1 amide bonds. The SMILES string of the molecule is COC(=O)N(C)c1nncn1C. The minimum absolute atomic E-state index is 0.446. The molecular formula is C6H10N4O2. The summed E-state index contributed by atoms with van der Waals surface area (Å²) < 4.78 is 6.12. The van der Waals surface area contributed by atoms with Gasteiger partial charge in [-0.3, -0.25) is 0 Å². The van der Waals surface area contributed by atoms with Crippen molar-refractivity contribution in [3.63, 3.8) is 0 Å². The zero-order valence-electron chi connectivity index (χ0n) is 7.18. The predicted octanol–water partition coefficient (Wildman–Crippen LogP) is 0.0177. The Balaban J connectivity index is 2.84. The van der Waals surface area contributed by atoms with Crippen molar-refractivity contribution in [2.45, 2.75) is 0 Å². The average molecular weight is 170 g/mol. The Kier molecular flexibility index (Phi) is 2.27. The Morgan fingerprint density at radius 1 is 1.75 bits per heavy atom. The first-order chi connectivity index (χ1) is 5.66. The second-order valence-electron chi connectivity index (χ2n) is 2.27. The van der Waals surface area contributed by atoms with Gasteiger partial charge in [0.25, 0.3) is 0 Å². The highest BCUT2D eigenvalue weighted by atomic mass is 16.5. The molecule has 6 nitrogen and oxygen atoms in total. The van der Waals surface area contributed by atoms with E-state index in [1.807, 2.05) is 0 Å². The Bertz CT molecular complexity index is 283. The summed E-state index contributed by atoms with van der Waals surface area (Å²) in [6.07, 6.45) is 1.04. The minimum atomic E-state index is -0.467. The van der Waals surface area contributed by atoms with E-state index in [1.54, 1.807) is 18.7 Å². The number of aromatic nitrogens is 3. The zero-order chi connectivity index (χ0) is 9.14. The molecule has 12 heavy (non-hydrogen) atoms. The van der Waals surface area contributed by atoms with E-state index in [4.69, 9.17) is 0 Å². The fraction of sp³-hybridized carbons (Fsp3) is 0.500. The molecule has 0 aliphatic rings. The summed E-state index contributed by atoms with van der Waals surface area (Å²) in [7, 11) is 4.62. The van der Waals surface area contributed by atoms with Crippen LogP contribution in [0.2, 0.25) is 0 Å². The van der Waals surface area contributed by atoms with Crippen LogP contribution in [0.25, 0.3) is 0 Å². The number of aryl methyl sites for hydroxylation is 1. The molecule has 0 radical (unpaired) electrons. The molecule has 1 heterocycles. The van der Waals surface area contributed by atoms with Crippen LogP contribution in [0.3, 0.4) is 0 Å². The molecule has 0 aromatic carbocycles. The van der Waals surface area contributed by atoms with E-state index >= 15 is 0 Å². The standard InChI is InChI=1S/C6H10N4O2/c1-9-4-7-8-5(9)10(2)6(11)12-3/h4H,1-3H3. The fourth-order valence-corrected chi connectivity index (χ4v) is 0.799. The van der Waals surface area contributed by atoms with Gasteiger partial charge in [0.2, 0.25) is 5.95 Å². The molecule has 0 aliphatic heterocycles. The molecule has 66 valence electrons. The van der Waals surface area contributed by atoms with Crippen molar-refractivity contribution >= 4 is 12.0 Å². The van der Waals surface area contributed by atoms with Gasteiger partial charge in [0.1, 0.15) is 6.33 Å². The second kappa shape index (κ2) is 3.21. The van der Waals surface area contributed by atoms with Crippen molar-refractivity contribution in [3.05, 3.63) is 6.33 Å². The molecule has 0 saturated heterocycles. The molecule has 0 unspecified atom stereocenters. The van der Waals surface area contributed by atoms with E-state index in [9.17, 15) is 4.79 Å². The van der Waals surface area contributed by atoms with Gasteiger partial charge < -0.3 is 9.30 Å². The summed E-state index contributed by atoms with van der Waals surface area (Å²) in [6, 6.07) is 0. The van der Waals surface area contributed by atoms with Crippen LogP contribution in [0.1, 0.15) is 0 Å². The number of methoxy groups -OCH3 is 1. The lowest BCUT2D eigenvalue weighted by Crippen LogP contribution is -2.28. The molecule has 0 bridgehead atoms. The molecular weight excluding hydrogens is 160 g/mol. The van der Waals surface area contributed by atoms with Gasteiger partial charge in [0, 0.05) is 14.1 Å². The maximum absolute atomic E-state index is 11.0. The number of hydrogen-bond donors (Lipinski definition) is 0. The number of anilines is 1. The van der Waals surface area contributed by atoms with E-state index in [-0.39, 0.29) is 0 Å². The Morgan fingerprint density at radius 2 is 2.42 bits per heavy atom. The summed E-state index contributed by atoms with van der Waals surface area (Å²) >= 11 is 0. The quantitative estimate of drug-likeness (QED) is 0.596. The summed E-state index contributed by atoms with van der Waals surface area (Å²) in [6.45, 7) is 0. The van der Waals surface area contributed by atoms with E-state index in [0.29, 0.717) is 5.95 Å². The Morgan fingerprint density at radius 3 is 2.83 bits per heavy atom. The average Bonchev–Trinajstić information content (AvgIpc) is 2.48. The number of amides is 1. The van der Waals surface area contributed by atoms with Crippen LogP contribution < -0.4 is 4.90 Å². The van der Waals surface area contributed by atoms with Gasteiger partial charge in [0.15, 0.2) is 0 Å². The van der Waals surface area contributed by atoms with Gasteiger partial charge in [-0.1, -0.05) is 0 Å². The van der Waals surface area contributed by atoms with Crippen LogP contribution in [0.4, 0.5) is 10.7 Å². The van der Waals surface area contributed by atoms with Crippen LogP contribution in [-0.2, 0) is 11.8 Å². The lowest BCUT2D eigenvalue weighted by molar-refractivity contribution is 0.179. The van der Waals surface area contributed by atoms with E-state index in [1.165, 1.54) is 18.3 Å². The third-order valence-corrected chi connectivity index (χ3v) is 1.44. The maximum atomic E-state index is 11.0. The predicted molar refractivity (Wildman–Crippen MR) is 41.8 cm³/mol. The van der Waals surface area contributed by atoms with E-state index in [0.717, 1.165) is 0 Å². The van der Waals surface area contributed by atoms with Gasteiger partial charge in [0.05, 0.1) is 7.11 Å². The second-order valence-corrected chi connectivity index (χ2v) is 2.27. The summed E-state index contributed by atoms with van der Waals surface area (Å²) in [5, 5.41) is 7.35. The molecule has 1 aromatic rings. The van der Waals surface area contributed by atoms with Crippen molar-refractivity contribution in [3.8, 4) is 0 Å². The molecule has 0 saturated carbocycles. The normalized spacial score (nSPS) is 9.58. The number of carbonyl (C=O) groups excluding carboxylic acids is 1. The van der Waals surface area contributed by atoms with E-state index in [2.05, 4.69) is 14.9 Å². The third-order valence-electron chi connectivity index (χ3n) is 1.44. The highest BCUT2D eigenvalue weighted by molar-refractivity contribution is 5.84. The molecule has 0 atom stereocenters. The van der Waals surface area contributed by atoms with Crippen LogP contribution >= 0.6 is 0 Å². The van der Waals surface area contributed by atoms with Crippen LogP contribution in [0, 0.1) is 0 Å². The third kappa shape index (κ3) is 1.36. The molecule has 0 aliphatic carbocycles. The number of nitrogens with zero attached hydrogens (tertiary/aromatic N) is 4. The first-order valence-corrected chi connectivity index (χ1v) is 3.32. The van der Waals surface area contributed by atoms with Crippen LogP contribution in [-0.4, -0.2) is 35.0 Å². The largest absolute Gasteiger partial charge is 0.452 e. The van der Waals surface area contributed by atoms with Crippen LogP contribution in [0.15, 0.2) is 6.33 Å². The number of carbonyl (C=O) groups is 1. The van der Waals surface area contributed by atoms with E-state index < -0.39 is 6.09 Å². The van der Waals surface area contributed by atoms with Gasteiger partial charge in [-0.25, -0.2) is 9.69 Å². The summed E-state index contributed by atoms with van der Waals surface area (Å²) in [5.41, 5.74) is 0. The lowest BCUT2D eigenvalue weighted by atomic mass is 10.8. The monoisotopic (exact) mass is 170 g/mol. The number of hydrogen-bond acceptors (Lipinski definition) is 4. The van der Waals surface area contributed by atoms with Gasteiger partial charge in [-0.15, -0.1) is 10.2 Å². The van der Waals surface area contributed by atoms with Crippen LogP contribution in [0.5, 0.6) is 0 Å². The molecule has 6 heteroatoms. The van der Waals surface area contributed by atoms with Gasteiger partial charge >= 0.3 is 6.09 Å². The topological polar surface area (TPSA) is 60.2 Å². The lowest BCUT2D eigenvalue weighted by Gasteiger charge is -2.12. The highest BCUT2D eigenvalue weighted by Crippen LogP contribution is 2.05. The van der Waals surface area contributed by atoms with Crippen molar-refractivity contribution in [1.82, 2.24) is 14.8 Å². The molecule has 0 spiro atoms. The minimum Gasteiger partial charge on any atom is -0.452 e. The zero-order valence-corrected chi connectivity index (χ0v) is 7.18. The maximum Gasteiger partial charge on any atom is 0.416 e. The molecule has 1 aromatic heterocycles. The first-order valence-electron chi connectivity index (χ1n) is 3.32. The molecule has 0 N–H and O–H groups in total. The number of ether oxygens (including phenoxy) is 1. The summed E-state index contributed by atoms with van der Waals surface area (Å²) in [5.74, 6) is 0.446. The van der Waals surface area contributed by atoms with Gasteiger partial charge in [-0.05, 0) is 0 Å². The Labute approximate surface area is 69.8 Å². The Hall–Kier alpha value is -1.59. The number of rotatable bonds is 1. The van der Waals surface area contributed by atoms with Crippen molar-refractivity contribution < 1.29 is 9.53 Å². The first kappa shape index (κ1) is 8.51. The van der Waals surface area contributed by atoms with Crippen molar-refractivity contribution in [2.24, 2.45) is 7.05 Å². The molecule has 1 rings (SSSR count). The highest BCUT2D eigenvalue weighted by Gasteiger charge is 2.14.